The summed E-state index contributed by atoms with van der Waals surface area (Å²) in [7, 11) is 0. The molecule has 0 aliphatic heterocycles. The van der Waals surface area contributed by atoms with Crippen LogP contribution in [0, 0.1) is 6.92 Å². The van der Waals surface area contributed by atoms with E-state index in [9.17, 15) is 4.79 Å². The first-order valence-electron chi connectivity index (χ1n) is 8.27. The summed E-state index contributed by atoms with van der Waals surface area (Å²) >= 11 is 0. The Balaban J connectivity index is 1.58. The SMILES string of the molecule is Cc1ccc(CNc2cncc(C(=O)NCc3ccccc3)c2)cc1. The molecule has 0 unspecified atom stereocenters. The topological polar surface area (TPSA) is 54.0 Å². The van der Waals surface area contributed by atoms with Crippen LogP contribution < -0.4 is 10.6 Å². The summed E-state index contributed by atoms with van der Waals surface area (Å²) in [4.78, 5) is 16.5. The van der Waals surface area contributed by atoms with E-state index in [1.165, 1.54) is 11.1 Å². The number of carbonyl (C=O) groups excluding carboxylic acids is 1. The third kappa shape index (κ3) is 4.91. The van der Waals surface area contributed by atoms with Crippen LogP contribution in [0.4, 0.5) is 5.69 Å². The van der Waals surface area contributed by atoms with Crippen molar-refractivity contribution in [3.8, 4) is 0 Å². The summed E-state index contributed by atoms with van der Waals surface area (Å²) in [5, 5.41) is 6.22. The number of nitrogens with one attached hydrogen (secondary N) is 2. The maximum atomic E-state index is 12.3. The van der Waals surface area contributed by atoms with Gasteiger partial charge in [0.1, 0.15) is 0 Å². The Hall–Kier alpha value is -3.14. The minimum absolute atomic E-state index is 0.129. The van der Waals surface area contributed by atoms with Crippen LogP contribution in [0.1, 0.15) is 27.0 Å². The molecule has 0 saturated heterocycles. The molecule has 0 bridgehead atoms. The molecule has 0 radical (unpaired) electrons. The summed E-state index contributed by atoms with van der Waals surface area (Å²) in [6.45, 7) is 3.26. The van der Waals surface area contributed by atoms with Crippen LogP contribution in [-0.4, -0.2) is 10.9 Å². The average molecular weight is 331 g/mol. The third-order valence-electron chi connectivity index (χ3n) is 3.91. The van der Waals surface area contributed by atoms with Gasteiger partial charge >= 0.3 is 0 Å². The predicted molar refractivity (Wildman–Crippen MR) is 100 cm³/mol. The number of anilines is 1. The van der Waals surface area contributed by atoms with Crippen molar-refractivity contribution in [3.63, 3.8) is 0 Å². The molecule has 4 heteroatoms. The van der Waals surface area contributed by atoms with Crippen molar-refractivity contribution in [1.29, 1.82) is 0 Å². The van der Waals surface area contributed by atoms with E-state index in [-0.39, 0.29) is 5.91 Å². The lowest BCUT2D eigenvalue weighted by Crippen LogP contribution is -2.23. The zero-order chi connectivity index (χ0) is 17.5. The van der Waals surface area contributed by atoms with E-state index in [2.05, 4.69) is 46.8 Å². The van der Waals surface area contributed by atoms with Crippen molar-refractivity contribution in [2.75, 3.05) is 5.32 Å². The van der Waals surface area contributed by atoms with Gasteiger partial charge in [0.05, 0.1) is 11.3 Å². The van der Waals surface area contributed by atoms with Gasteiger partial charge in [0.25, 0.3) is 5.91 Å². The molecule has 0 spiro atoms. The van der Waals surface area contributed by atoms with Crippen molar-refractivity contribution in [2.45, 2.75) is 20.0 Å². The third-order valence-corrected chi connectivity index (χ3v) is 3.91. The number of rotatable bonds is 6. The Labute approximate surface area is 147 Å². The van der Waals surface area contributed by atoms with Crippen molar-refractivity contribution in [1.82, 2.24) is 10.3 Å². The summed E-state index contributed by atoms with van der Waals surface area (Å²) in [6.07, 6.45) is 3.31. The van der Waals surface area contributed by atoms with E-state index in [1.807, 2.05) is 36.4 Å². The molecule has 0 aliphatic carbocycles. The molecular formula is C21H21N3O. The van der Waals surface area contributed by atoms with Crippen LogP contribution in [0.5, 0.6) is 0 Å². The molecule has 0 saturated carbocycles. The lowest BCUT2D eigenvalue weighted by molar-refractivity contribution is 0.0950. The van der Waals surface area contributed by atoms with Gasteiger partial charge in [0.15, 0.2) is 0 Å². The summed E-state index contributed by atoms with van der Waals surface area (Å²) < 4.78 is 0. The largest absolute Gasteiger partial charge is 0.380 e. The highest BCUT2D eigenvalue weighted by Crippen LogP contribution is 2.11. The molecule has 4 nitrogen and oxygen atoms in total. The zero-order valence-electron chi connectivity index (χ0n) is 14.2. The van der Waals surface area contributed by atoms with Crippen LogP contribution in [0.15, 0.2) is 73.1 Å². The van der Waals surface area contributed by atoms with E-state index >= 15 is 0 Å². The molecule has 25 heavy (non-hydrogen) atoms. The average Bonchev–Trinajstić information content (AvgIpc) is 2.67. The van der Waals surface area contributed by atoms with Crippen molar-refractivity contribution < 1.29 is 4.79 Å². The molecule has 0 fully saturated rings. The fourth-order valence-corrected chi connectivity index (χ4v) is 2.45. The second kappa shape index (κ2) is 8.11. The number of aryl methyl sites for hydroxylation is 1. The molecule has 3 rings (SSSR count). The number of pyridine rings is 1. The summed E-state index contributed by atoms with van der Waals surface area (Å²) in [5.74, 6) is -0.129. The molecule has 0 atom stereocenters. The van der Waals surface area contributed by atoms with E-state index in [4.69, 9.17) is 0 Å². The van der Waals surface area contributed by atoms with Gasteiger partial charge in [-0.1, -0.05) is 60.2 Å². The number of carbonyl (C=O) groups is 1. The Morgan fingerprint density at radius 1 is 0.920 bits per heavy atom. The molecule has 1 aromatic heterocycles. The van der Waals surface area contributed by atoms with Crippen molar-refractivity contribution in [2.24, 2.45) is 0 Å². The molecule has 126 valence electrons. The number of aromatic nitrogens is 1. The molecule has 1 heterocycles. The van der Waals surface area contributed by atoms with Crippen molar-refractivity contribution in [3.05, 3.63) is 95.3 Å². The molecule has 3 aromatic rings. The van der Waals surface area contributed by atoms with Gasteiger partial charge in [0, 0.05) is 25.5 Å². The Morgan fingerprint density at radius 3 is 2.40 bits per heavy atom. The van der Waals surface area contributed by atoms with Crippen LogP contribution >= 0.6 is 0 Å². The normalized spacial score (nSPS) is 10.3. The Bertz CT molecular complexity index is 829. The van der Waals surface area contributed by atoms with E-state index < -0.39 is 0 Å². The summed E-state index contributed by atoms with van der Waals surface area (Å²) in [6, 6.07) is 20.0. The maximum Gasteiger partial charge on any atom is 0.253 e. The van der Waals surface area contributed by atoms with Gasteiger partial charge in [-0.3, -0.25) is 9.78 Å². The van der Waals surface area contributed by atoms with Gasteiger partial charge < -0.3 is 10.6 Å². The zero-order valence-corrected chi connectivity index (χ0v) is 14.2. The number of amides is 1. The van der Waals surface area contributed by atoms with Gasteiger partial charge in [-0.2, -0.15) is 0 Å². The number of hydrogen-bond acceptors (Lipinski definition) is 3. The molecule has 0 aliphatic rings. The lowest BCUT2D eigenvalue weighted by Gasteiger charge is -2.09. The monoisotopic (exact) mass is 331 g/mol. The molecule has 1 amide bonds. The van der Waals surface area contributed by atoms with Gasteiger partial charge in [-0.05, 0) is 24.1 Å². The maximum absolute atomic E-state index is 12.3. The number of benzene rings is 2. The Kier molecular flexibility index (Phi) is 5.42. The first kappa shape index (κ1) is 16.7. The fourth-order valence-electron chi connectivity index (χ4n) is 2.45. The van der Waals surface area contributed by atoms with Gasteiger partial charge in [-0.15, -0.1) is 0 Å². The van der Waals surface area contributed by atoms with Crippen LogP contribution in [0.3, 0.4) is 0 Å². The predicted octanol–water partition coefficient (Wildman–Crippen LogP) is 3.93. The van der Waals surface area contributed by atoms with Crippen LogP contribution in [-0.2, 0) is 13.1 Å². The highest BCUT2D eigenvalue weighted by atomic mass is 16.1. The van der Waals surface area contributed by atoms with E-state index in [0.717, 1.165) is 11.3 Å². The second-order valence-electron chi connectivity index (χ2n) is 5.97. The molecule has 2 N–H and O–H groups in total. The minimum atomic E-state index is -0.129. The quantitative estimate of drug-likeness (QED) is 0.719. The minimum Gasteiger partial charge on any atom is -0.380 e. The highest BCUT2D eigenvalue weighted by molar-refractivity contribution is 5.94. The summed E-state index contributed by atoms with van der Waals surface area (Å²) in [5.41, 5.74) is 4.86. The Morgan fingerprint density at radius 2 is 1.64 bits per heavy atom. The second-order valence-corrected chi connectivity index (χ2v) is 5.97. The first-order valence-corrected chi connectivity index (χ1v) is 8.27. The van der Waals surface area contributed by atoms with Gasteiger partial charge in [-0.25, -0.2) is 0 Å². The number of nitrogens with zero attached hydrogens (tertiary/aromatic N) is 1. The van der Waals surface area contributed by atoms with Gasteiger partial charge in [0.2, 0.25) is 0 Å². The lowest BCUT2D eigenvalue weighted by atomic mass is 10.1. The number of hydrogen-bond donors (Lipinski definition) is 2. The highest BCUT2D eigenvalue weighted by Gasteiger charge is 2.07. The molecule has 2 aromatic carbocycles. The smallest absolute Gasteiger partial charge is 0.253 e. The van der Waals surface area contributed by atoms with Crippen molar-refractivity contribution >= 4 is 11.6 Å². The molecular weight excluding hydrogens is 310 g/mol. The van der Waals surface area contributed by atoms with Crippen LogP contribution in [0.2, 0.25) is 0 Å². The van der Waals surface area contributed by atoms with E-state index in [0.29, 0.717) is 18.7 Å². The standard InChI is InChI=1S/C21H21N3O/c1-16-7-9-18(10-8-16)12-23-20-11-19(14-22-15-20)21(25)24-13-17-5-3-2-4-6-17/h2-11,14-15,23H,12-13H2,1H3,(H,24,25). The first-order chi connectivity index (χ1) is 12.2. The van der Waals surface area contributed by atoms with Crippen LogP contribution in [0.25, 0.3) is 0 Å². The fraction of sp³-hybridized carbons (Fsp3) is 0.143. The van der Waals surface area contributed by atoms with E-state index in [1.54, 1.807) is 12.4 Å².